The van der Waals surface area contributed by atoms with E-state index in [0.29, 0.717) is 0 Å². The molecule has 2 heteroatoms. The molecule has 0 aromatic heterocycles. The molecule has 0 heterocycles. The molecule has 0 fully saturated rings. The monoisotopic (exact) mass is 304 g/mol. The zero-order chi connectivity index (χ0) is 16.3. The number of fused-ring (bicyclic) bond motifs is 1. The lowest BCUT2D eigenvalue weighted by Crippen LogP contribution is -2.18. The summed E-state index contributed by atoms with van der Waals surface area (Å²) in [7, 11) is 0. The summed E-state index contributed by atoms with van der Waals surface area (Å²) in [6.45, 7) is 2.14. The number of aliphatic carboxylic acids is 1. The Morgan fingerprint density at radius 2 is 1.83 bits per heavy atom. The number of allylic oxidation sites excluding steroid dienone is 2. The first kappa shape index (κ1) is 15.3. The van der Waals surface area contributed by atoms with Crippen LogP contribution in [0.3, 0.4) is 0 Å². The van der Waals surface area contributed by atoms with Crippen molar-refractivity contribution in [1.29, 1.82) is 0 Å². The standard InChI is InChI=1S/C21H20O2/c1-21(13-11-16-7-5-6-10-18(16)15-21)14-12-19(20(22)23)17-8-3-2-4-9-17/h2-14,19H,15H2,1H3,(H,22,23)/b14-12+. The Balaban J connectivity index is 1.85. The fraction of sp³-hybridized carbons (Fsp3) is 0.190. The molecule has 116 valence electrons. The molecule has 1 aliphatic rings. The molecule has 1 N–H and O–H groups in total. The lowest BCUT2D eigenvalue weighted by Gasteiger charge is -2.27. The van der Waals surface area contributed by atoms with Crippen LogP contribution in [-0.2, 0) is 11.2 Å². The van der Waals surface area contributed by atoms with E-state index in [9.17, 15) is 9.90 Å². The smallest absolute Gasteiger partial charge is 0.314 e. The molecular formula is C21H20O2. The van der Waals surface area contributed by atoms with Crippen LogP contribution in [0.5, 0.6) is 0 Å². The number of carboxylic acid groups (broad SMARTS) is 1. The molecule has 0 saturated heterocycles. The van der Waals surface area contributed by atoms with Crippen LogP contribution in [-0.4, -0.2) is 11.1 Å². The molecule has 2 nitrogen and oxygen atoms in total. The maximum atomic E-state index is 11.6. The van der Waals surface area contributed by atoms with E-state index in [1.807, 2.05) is 54.6 Å². The second-order valence-electron chi connectivity index (χ2n) is 6.30. The van der Waals surface area contributed by atoms with Crippen molar-refractivity contribution in [1.82, 2.24) is 0 Å². The van der Waals surface area contributed by atoms with Crippen molar-refractivity contribution in [3.63, 3.8) is 0 Å². The molecular weight excluding hydrogens is 284 g/mol. The van der Waals surface area contributed by atoms with Crippen LogP contribution in [0.25, 0.3) is 6.08 Å². The molecule has 2 aromatic rings. The first-order valence-electron chi connectivity index (χ1n) is 7.82. The van der Waals surface area contributed by atoms with Gasteiger partial charge in [-0.3, -0.25) is 4.79 Å². The van der Waals surface area contributed by atoms with E-state index in [2.05, 4.69) is 31.2 Å². The first-order chi connectivity index (χ1) is 11.1. The highest BCUT2D eigenvalue weighted by molar-refractivity contribution is 5.78. The summed E-state index contributed by atoms with van der Waals surface area (Å²) in [5.41, 5.74) is 3.20. The molecule has 2 unspecified atom stereocenters. The highest BCUT2D eigenvalue weighted by Crippen LogP contribution is 2.34. The lowest BCUT2D eigenvalue weighted by molar-refractivity contribution is -0.137. The first-order valence-corrected chi connectivity index (χ1v) is 7.82. The van der Waals surface area contributed by atoms with E-state index in [1.165, 1.54) is 11.1 Å². The minimum Gasteiger partial charge on any atom is -0.481 e. The summed E-state index contributed by atoms with van der Waals surface area (Å²) >= 11 is 0. The number of hydrogen-bond acceptors (Lipinski definition) is 1. The van der Waals surface area contributed by atoms with Crippen molar-refractivity contribution in [2.24, 2.45) is 5.41 Å². The van der Waals surface area contributed by atoms with Gasteiger partial charge < -0.3 is 5.11 Å². The Labute approximate surface area is 136 Å². The second-order valence-corrected chi connectivity index (χ2v) is 6.30. The molecule has 0 spiro atoms. The zero-order valence-electron chi connectivity index (χ0n) is 13.1. The van der Waals surface area contributed by atoms with Crippen LogP contribution in [0, 0.1) is 5.41 Å². The van der Waals surface area contributed by atoms with Crippen molar-refractivity contribution in [3.8, 4) is 0 Å². The third-order valence-corrected chi connectivity index (χ3v) is 4.36. The quantitative estimate of drug-likeness (QED) is 0.832. The molecule has 1 aliphatic carbocycles. The van der Waals surface area contributed by atoms with Crippen molar-refractivity contribution in [2.45, 2.75) is 19.3 Å². The van der Waals surface area contributed by atoms with E-state index in [1.54, 1.807) is 0 Å². The Kier molecular flexibility index (Phi) is 4.16. The molecule has 0 amide bonds. The average Bonchev–Trinajstić information content (AvgIpc) is 2.55. The maximum Gasteiger partial charge on any atom is 0.314 e. The van der Waals surface area contributed by atoms with Crippen LogP contribution in [0.1, 0.15) is 29.5 Å². The predicted molar refractivity (Wildman–Crippen MR) is 93.2 cm³/mol. The van der Waals surface area contributed by atoms with Crippen LogP contribution in [0.4, 0.5) is 0 Å². The summed E-state index contributed by atoms with van der Waals surface area (Å²) in [6, 6.07) is 17.7. The summed E-state index contributed by atoms with van der Waals surface area (Å²) < 4.78 is 0. The molecule has 0 radical (unpaired) electrons. The van der Waals surface area contributed by atoms with Gasteiger partial charge in [-0.1, -0.05) is 85.8 Å². The van der Waals surface area contributed by atoms with Gasteiger partial charge in [0.25, 0.3) is 0 Å². The van der Waals surface area contributed by atoms with Gasteiger partial charge in [0.2, 0.25) is 0 Å². The Bertz CT molecular complexity index is 758. The Morgan fingerprint density at radius 3 is 2.57 bits per heavy atom. The Hall–Kier alpha value is -2.61. The van der Waals surface area contributed by atoms with E-state index in [-0.39, 0.29) is 5.41 Å². The van der Waals surface area contributed by atoms with Gasteiger partial charge in [-0.25, -0.2) is 0 Å². The number of carbonyl (C=O) groups is 1. The minimum atomic E-state index is -0.823. The molecule has 0 saturated carbocycles. The fourth-order valence-corrected chi connectivity index (χ4v) is 3.03. The predicted octanol–water partition coefficient (Wildman–Crippen LogP) is 4.69. The van der Waals surface area contributed by atoms with Gasteiger partial charge in [0.1, 0.15) is 0 Å². The SMILES string of the molecule is CC1(/C=C/C(C(=O)O)c2ccccc2)C=Cc2ccccc2C1. The van der Waals surface area contributed by atoms with Crippen molar-refractivity contribution in [3.05, 3.63) is 89.5 Å². The second kappa shape index (κ2) is 6.25. The van der Waals surface area contributed by atoms with Crippen LogP contribution >= 0.6 is 0 Å². The van der Waals surface area contributed by atoms with Gasteiger partial charge in [0.15, 0.2) is 0 Å². The maximum absolute atomic E-state index is 11.6. The van der Waals surface area contributed by atoms with Crippen LogP contribution in [0.2, 0.25) is 0 Å². The third-order valence-electron chi connectivity index (χ3n) is 4.36. The number of rotatable bonds is 4. The molecule has 0 bridgehead atoms. The van der Waals surface area contributed by atoms with Crippen LogP contribution < -0.4 is 0 Å². The van der Waals surface area contributed by atoms with E-state index in [4.69, 9.17) is 0 Å². The fourth-order valence-electron chi connectivity index (χ4n) is 3.03. The average molecular weight is 304 g/mol. The summed E-state index contributed by atoms with van der Waals surface area (Å²) in [5, 5.41) is 9.53. The number of hydrogen-bond donors (Lipinski definition) is 1. The molecule has 23 heavy (non-hydrogen) atoms. The van der Waals surface area contributed by atoms with Gasteiger partial charge >= 0.3 is 5.97 Å². The highest BCUT2D eigenvalue weighted by Gasteiger charge is 2.24. The largest absolute Gasteiger partial charge is 0.481 e. The van der Waals surface area contributed by atoms with E-state index in [0.717, 1.165) is 12.0 Å². The number of carboxylic acids is 1. The van der Waals surface area contributed by atoms with Crippen LogP contribution in [0.15, 0.2) is 72.8 Å². The Morgan fingerprint density at radius 1 is 1.13 bits per heavy atom. The number of benzene rings is 2. The summed E-state index contributed by atoms with van der Waals surface area (Å²) in [6.07, 6.45) is 9.02. The van der Waals surface area contributed by atoms with E-state index < -0.39 is 11.9 Å². The van der Waals surface area contributed by atoms with Crippen molar-refractivity contribution in [2.75, 3.05) is 0 Å². The lowest BCUT2D eigenvalue weighted by atomic mass is 9.77. The zero-order valence-corrected chi connectivity index (χ0v) is 13.1. The highest BCUT2D eigenvalue weighted by atomic mass is 16.4. The topological polar surface area (TPSA) is 37.3 Å². The minimum absolute atomic E-state index is 0.156. The molecule has 0 aliphatic heterocycles. The third kappa shape index (κ3) is 3.42. The van der Waals surface area contributed by atoms with Crippen molar-refractivity contribution >= 4 is 12.0 Å². The van der Waals surface area contributed by atoms with E-state index >= 15 is 0 Å². The molecule has 3 rings (SSSR count). The van der Waals surface area contributed by atoms with Gasteiger partial charge in [-0.05, 0) is 23.1 Å². The van der Waals surface area contributed by atoms with Gasteiger partial charge in [0.05, 0.1) is 5.92 Å². The summed E-state index contributed by atoms with van der Waals surface area (Å²) in [4.78, 5) is 11.6. The van der Waals surface area contributed by atoms with Gasteiger partial charge in [0, 0.05) is 5.41 Å². The van der Waals surface area contributed by atoms with Gasteiger partial charge in [-0.15, -0.1) is 0 Å². The van der Waals surface area contributed by atoms with Crippen molar-refractivity contribution < 1.29 is 9.90 Å². The molecule has 2 aromatic carbocycles. The van der Waals surface area contributed by atoms with Gasteiger partial charge in [-0.2, -0.15) is 0 Å². The summed E-state index contributed by atoms with van der Waals surface area (Å²) in [5.74, 6) is -1.44. The normalized spacial score (nSPS) is 21.1. The molecule has 2 atom stereocenters.